The third-order valence-corrected chi connectivity index (χ3v) is 5.96. The number of carbonyl (C=O) groups excluding carboxylic acids is 2. The molecule has 1 N–H and O–H groups in total. The smallest absolute Gasteiger partial charge is 0.242 e. The molecular weight excluding hydrogens is 408 g/mol. The SMILES string of the molecule is CC[C@@H](C)NC(=O)[C@H](C)N(Cc1ccc(Cl)cc1)C(=O)CCc1ccc(C(C)C)cc1. The van der Waals surface area contributed by atoms with Crippen molar-refractivity contribution in [3.8, 4) is 0 Å². The van der Waals surface area contributed by atoms with Gasteiger partial charge in [0.05, 0.1) is 0 Å². The number of aryl methyl sites for hydroxylation is 1. The first-order valence-electron chi connectivity index (χ1n) is 11.1. The minimum Gasteiger partial charge on any atom is -0.352 e. The summed E-state index contributed by atoms with van der Waals surface area (Å²) in [5, 5.41) is 3.64. The molecule has 0 radical (unpaired) electrons. The summed E-state index contributed by atoms with van der Waals surface area (Å²) >= 11 is 6.00. The highest BCUT2D eigenvalue weighted by Gasteiger charge is 2.26. The van der Waals surface area contributed by atoms with Crippen molar-refractivity contribution >= 4 is 23.4 Å². The summed E-state index contributed by atoms with van der Waals surface area (Å²) in [4.78, 5) is 27.6. The number of amides is 2. The minimum absolute atomic E-state index is 0.0327. The average molecular weight is 443 g/mol. The van der Waals surface area contributed by atoms with Crippen LogP contribution < -0.4 is 5.32 Å². The quantitative estimate of drug-likeness (QED) is 0.510. The van der Waals surface area contributed by atoms with Gasteiger partial charge in [-0.1, -0.05) is 68.8 Å². The van der Waals surface area contributed by atoms with Crippen LogP contribution in [-0.2, 0) is 22.6 Å². The average Bonchev–Trinajstić information content (AvgIpc) is 2.76. The lowest BCUT2D eigenvalue weighted by molar-refractivity contribution is -0.140. The van der Waals surface area contributed by atoms with Crippen LogP contribution in [-0.4, -0.2) is 28.8 Å². The summed E-state index contributed by atoms with van der Waals surface area (Å²) < 4.78 is 0. The number of nitrogens with one attached hydrogen (secondary N) is 1. The van der Waals surface area contributed by atoms with Crippen LogP contribution in [0.3, 0.4) is 0 Å². The Morgan fingerprint density at radius 3 is 2.06 bits per heavy atom. The molecule has 0 saturated carbocycles. The molecule has 0 aliphatic rings. The van der Waals surface area contributed by atoms with Crippen molar-refractivity contribution in [1.29, 1.82) is 0 Å². The van der Waals surface area contributed by atoms with Crippen LogP contribution >= 0.6 is 11.6 Å². The predicted molar refractivity (Wildman–Crippen MR) is 128 cm³/mol. The molecule has 0 unspecified atom stereocenters. The van der Waals surface area contributed by atoms with E-state index in [9.17, 15) is 9.59 Å². The van der Waals surface area contributed by atoms with Crippen molar-refractivity contribution in [3.63, 3.8) is 0 Å². The maximum absolute atomic E-state index is 13.2. The van der Waals surface area contributed by atoms with Crippen LogP contribution in [0, 0.1) is 0 Å². The van der Waals surface area contributed by atoms with Crippen LogP contribution in [0.1, 0.15) is 70.1 Å². The van der Waals surface area contributed by atoms with E-state index in [2.05, 4.69) is 43.4 Å². The Morgan fingerprint density at radius 2 is 1.52 bits per heavy atom. The zero-order valence-electron chi connectivity index (χ0n) is 19.3. The van der Waals surface area contributed by atoms with Gasteiger partial charge in [0.1, 0.15) is 6.04 Å². The van der Waals surface area contributed by atoms with Gasteiger partial charge in [-0.15, -0.1) is 0 Å². The number of benzene rings is 2. The molecule has 2 aromatic carbocycles. The van der Waals surface area contributed by atoms with E-state index < -0.39 is 6.04 Å². The van der Waals surface area contributed by atoms with Crippen molar-refractivity contribution < 1.29 is 9.59 Å². The molecular formula is C26H35ClN2O2. The van der Waals surface area contributed by atoms with Gasteiger partial charge in [0.15, 0.2) is 0 Å². The first-order valence-corrected chi connectivity index (χ1v) is 11.5. The Balaban J connectivity index is 2.12. The van der Waals surface area contributed by atoms with Gasteiger partial charge in [-0.25, -0.2) is 0 Å². The summed E-state index contributed by atoms with van der Waals surface area (Å²) in [6.07, 6.45) is 1.85. The highest BCUT2D eigenvalue weighted by molar-refractivity contribution is 6.30. The predicted octanol–water partition coefficient (Wildman–Crippen LogP) is 5.73. The molecule has 2 rings (SSSR count). The molecule has 2 atom stereocenters. The number of hydrogen-bond donors (Lipinski definition) is 1. The van der Waals surface area contributed by atoms with Crippen LogP contribution in [0.2, 0.25) is 5.02 Å². The minimum atomic E-state index is -0.555. The number of halogens is 1. The Bertz CT molecular complexity index is 847. The molecule has 0 bridgehead atoms. The molecule has 2 amide bonds. The number of carbonyl (C=O) groups is 2. The second kappa shape index (κ2) is 11.9. The highest BCUT2D eigenvalue weighted by atomic mass is 35.5. The zero-order valence-corrected chi connectivity index (χ0v) is 20.1. The van der Waals surface area contributed by atoms with Crippen molar-refractivity contribution in [2.45, 2.75) is 78.4 Å². The summed E-state index contributed by atoms with van der Waals surface area (Å²) in [5.74, 6) is 0.322. The molecule has 31 heavy (non-hydrogen) atoms. The van der Waals surface area contributed by atoms with Crippen molar-refractivity contribution in [1.82, 2.24) is 10.2 Å². The maximum Gasteiger partial charge on any atom is 0.242 e. The van der Waals surface area contributed by atoms with E-state index in [1.165, 1.54) is 5.56 Å². The molecule has 168 valence electrons. The van der Waals surface area contributed by atoms with E-state index in [4.69, 9.17) is 11.6 Å². The van der Waals surface area contributed by atoms with E-state index in [0.717, 1.165) is 17.5 Å². The molecule has 4 nitrogen and oxygen atoms in total. The molecule has 0 heterocycles. The lowest BCUT2D eigenvalue weighted by Gasteiger charge is -2.30. The molecule has 0 aliphatic carbocycles. The molecule has 0 spiro atoms. The molecule has 0 fully saturated rings. The summed E-state index contributed by atoms with van der Waals surface area (Å²) in [5.41, 5.74) is 3.36. The Kier molecular flexibility index (Phi) is 9.57. The van der Waals surface area contributed by atoms with Crippen molar-refractivity contribution in [2.75, 3.05) is 0 Å². The van der Waals surface area contributed by atoms with Crippen LogP contribution in [0.5, 0.6) is 0 Å². The van der Waals surface area contributed by atoms with Crippen molar-refractivity contribution in [2.24, 2.45) is 0 Å². The Hall–Kier alpha value is -2.33. The summed E-state index contributed by atoms with van der Waals surface area (Å²) in [6.45, 7) is 10.5. The summed E-state index contributed by atoms with van der Waals surface area (Å²) in [7, 11) is 0. The van der Waals surface area contributed by atoms with Gasteiger partial charge in [-0.3, -0.25) is 9.59 Å². The fourth-order valence-corrected chi connectivity index (χ4v) is 3.42. The van der Waals surface area contributed by atoms with Gasteiger partial charge in [-0.05, 0) is 61.4 Å². The van der Waals surface area contributed by atoms with E-state index in [-0.39, 0.29) is 17.9 Å². The molecule has 2 aromatic rings. The van der Waals surface area contributed by atoms with E-state index in [1.807, 2.05) is 26.0 Å². The van der Waals surface area contributed by atoms with E-state index in [0.29, 0.717) is 30.3 Å². The van der Waals surface area contributed by atoms with Crippen molar-refractivity contribution in [3.05, 3.63) is 70.2 Å². The molecule has 0 aromatic heterocycles. The Morgan fingerprint density at radius 1 is 0.935 bits per heavy atom. The molecule has 0 saturated heterocycles. The van der Waals surface area contributed by atoms with Gasteiger partial charge >= 0.3 is 0 Å². The van der Waals surface area contributed by atoms with Gasteiger partial charge in [0.2, 0.25) is 11.8 Å². The largest absolute Gasteiger partial charge is 0.352 e. The number of hydrogen-bond acceptors (Lipinski definition) is 2. The summed E-state index contributed by atoms with van der Waals surface area (Å²) in [6, 6.07) is 15.3. The van der Waals surface area contributed by atoms with Gasteiger partial charge in [0.25, 0.3) is 0 Å². The third-order valence-electron chi connectivity index (χ3n) is 5.71. The lowest BCUT2D eigenvalue weighted by Crippen LogP contribution is -2.49. The fraction of sp³-hybridized carbons (Fsp3) is 0.462. The molecule has 0 aliphatic heterocycles. The first kappa shape index (κ1) is 24.9. The third kappa shape index (κ3) is 7.70. The van der Waals surface area contributed by atoms with E-state index >= 15 is 0 Å². The van der Waals surface area contributed by atoms with Gasteiger partial charge < -0.3 is 10.2 Å². The zero-order chi connectivity index (χ0) is 23.0. The van der Waals surface area contributed by atoms with Gasteiger partial charge in [-0.2, -0.15) is 0 Å². The number of rotatable bonds is 10. The highest BCUT2D eigenvalue weighted by Crippen LogP contribution is 2.18. The second-order valence-electron chi connectivity index (χ2n) is 8.54. The first-order chi connectivity index (χ1) is 14.7. The van der Waals surface area contributed by atoms with Gasteiger partial charge in [0, 0.05) is 24.0 Å². The topological polar surface area (TPSA) is 49.4 Å². The molecule has 5 heteroatoms. The van der Waals surface area contributed by atoms with Crippen LogP contribution in [0.4, 0.5) is 0 Å². The lowest BCUT2D eigenvalue weighted by atomic mass is 10.00. The fourth-order valence-electron chi connectivity index (χ4n) is 3.30. The Labute approximate surface area is 192 Å². The van der Waals surface area contributed by atoms with Crippen LogP contribution in [0.25, 0.3) is 0 Å². The van der Waals surface area contributed by atoms with Crippen LogP contribution in [0.15, 0.2) is 48.5 Å². The standard InChI is InChI=1S/C26H35ClN2O2/c1-6-19(4)28-26(31)20(5)29(17-22-9-14-24(27)15-10-22)25(30)16-11-21-7-12-23(13-8-21)18(2)3/h7-10,12-15,18-20H,6,11,16-17H2,1-5H3,(H,28,31)/t19-,20+/m1/s1. The van der Waals surface area contributed by atoms with E-state index in [1.54, 1.807) is 24.0 Å². The normalized spacial score (nSPS) is 13.0. The monoisotopic (exact) mass is 442 g/mol. The number of nitrogens with zero attached hydrogens (tertiary/aromatic N) is 1. The maximum atomic E-state index is 13.2. The second-order valence-corrected chi connectivity index (χ2v) is 8.97.